The minimum absolute atomic E-state index is 0.0672. The van der Waals surface area contributed by atoms with Gasteiger partial charge in [0.1, 0.15) is 5.75 Å². The molecule has 7 nitrogen and oxygen atoms in total. The monoisotopic (exact) mass is 599 g/mol. The second-order valence-electron chi connectivity index (χ2n) is 9.64. The van der Waals surface area contributed by atoms with Crippen molar-refractivity contribution in [3.63, 3.8) is 0 Å². The number of amides is 1. The number of halogens is 2. The molecule has 0 aliphatic carbocycles. The fourth-order valence-corrected chi connectivity index (χ4v) is 5.12. The normalized spacial score (nSPS) is 10.8. The van der Waals surface area contributed by atoms with Crippen LogP contribution in [0.25, 0.3) is 33.6 Å². The zero-order valence-electron chi connectivity index (χ0n) is 22.7. The molecule has 0 spiro atoms. The summed E-state index contributed by atoms with van der Waals surface area (Å²) < 4.78 is 7.33. The molecule has 0 saturated carbocycles. The minimum Gasteiger partial charge on any atom is -0.497 e. The molecular weight excluding hydrogens is 573 g/mol. The van der Waals surface area contributed by atoms with Crippen molar-refractivity contribution < 1.29 is 19.4 Å². The average Bonchev–Trinajstić information content (AvgIpc) is 3.41. The Kier molecular flexibility index (Phi) is 8.91. The van der Waals surface area contributed by atoms with Crippen molar-refractivity contribution in [1.82, 2.24) is 15.1 Å². The number of nitrogens with one attached hydrogen (secondary N) is 1. The third-order valence-corrected chi connectivity index (χ3v) is 7.11. The molecule has 0 radical (unpaired) electrons. The van der Waals surface area contributed by atoms with E-state index in [1.165, 1.54) is 0 Å². The lowest BCUT2D eigenvalue weighted by Crippen LogP contribution is -2.25. The molecule has 0 unspecified atom stereocenters. The average molecular weight is 601 g/mol. The molecule has 212 valence electrons. The summed E-state index contributed by atoms with van der Waals surface area (Å²) in [6.45, 7) is 0.506. The number of carboxylic acid groups (broad SMARTS) is 1. The van der Waals surface area contributed by atoms with Gasteiger partial charge in [-0.25, -0.2) is 0 Å². The van der Waals surface area contributed by atoms with Gasteiger partial charge in [-0.05, 0) is 71.3 Å². The van der Waals surface area contributed by atoms with E-state index >= 15 is 0 Å². The maximum Gasteiger partial charge on any atom is 0.305 e. The smallest absolute Gasteiger partial charge is 0.305 e. The summed E-state index contributed by atoms with van der Waals surface area (Å²) in [6, 6.07) is 30.6. The molecule has 5 aromatic rings. The van der Waals surface area contributed by atoms with Gasteiger partial charge in [0.25, 0.3) is 5.91 Å². The Morgan fingerprint density at radius 3 is 2.19 bits per heavy atom. The van der Waals surface area contributed by atoms with E-state index in [0.29, 0.717) is 22.2 Å². The number of aromatic nitrogens is 2. The van der Waals surface area contributed by atoms with E-state index in [1.807, 2.05) is 71.4 Å². The van der Waals surface area contributed by atoms with Crippen molar-refractivity contribution in [2.75, 3.05) is 13.7 Å². The number of carbonyl (C=O) groups is 2. The number of rotatable bonds is 10. The van der Waals surface area contributed by atoms with Gasteiger partial charge >= 0.3 is 5.97 Å². The highest BCUT2D eigenvalue weighted by Crippen LogP contribution is 2.33. The highest BCUT2D eigenvalue weighted by Gasteiger charge is 2.15. The number of nitrogens with zero attached hydrogens (tertiary/aromatic N) is 2. The lowest BCUT2D eigenvalue weighted by atomic mass is 10.0. The van der Waals surface area contributed by atoms with Crippen LogP contribution in [0.15, 0.2) is 97.1 Å². The Hall–Kier alpha value is -4.59. The van der Waals surface area contributed by atoms with E-state index in [2.05, 4.69) is 17.4 Å². The van der Waals surface area contributed by atoms with Crippen LogP contribution in [0.1, 0.15) is 22.3 Å². The van der Waals surface area contributed by atoms with Crippen LogP contribution < -0.4 is 10.1 Å². The summed E-state index contributed by atoms with van der Waals surface area (Å²) in [5.41, 5.74) is 6.82. The Morgan fingerprint density at radius 2 is 1.50 bits per heavy atom. The highest BCUT2D eigenvalue weighted by atomic mass is 35.5. The number of carboxylic acids is 1. The summed E-state index contributed by atoms with van der Waals surface area (Å²) >= 11 is 12.6. The minimum atomic E-state index is -0.964. The molecule has 0 aliphatic rings. The molecule has 0 saturated heterocycles. The second kappa shape index (κ2) is 12.9. The van der Waals surface area contributed by atoms with Gasteiger partial charge in [0.2, 0.25) is 0 Å². The van der Waals surface area contributed by atoms with Crippen molar-refractivity contribution in [3.8, 4) is 39.4 Å². The zero-order valence-corrected chi connectivity index (χ0v) is 24.2. The molecule has 9 heteroatoms. The summed E-state index contributed by atoms with van der Waals surface area (Å²) in [5, 5.41) is 17.4. The maximum atomic E-state index is 12.4. The van der Waals surface area contributed by atoms with Crippen LogP contribution in [-0.4, -0.2) is 40.4 Å². The molecule has 0 fully saturated rings. The molecule has 0 atom stereocenters. The summed E-state index contributed by atoms with van der Waals surface area (Å²) in [6.07, 6.45) is -0.134. The van der Waals surface area contributed by atoms with E-state index in [9.17, 15) is 9.59 Å². The standard InChI is InChI=1S/C33H27Cl2N3O4/c1-42-29-7-3-5-24(17-29)23-4-2-6-25(14-23)31-19-30(26-15-27(34)18-28(35)16-26)37-38(31)20-21-8-10-22(11-9-21)33(41)36-13-12-32(39)40/h2-11,14-19H,12-13,20H2,1H3,(H,36,41)(H,39,40). The Bertz CT molecular complexity index is 1730. The molecule has 5 rings (SSSR count). The fourth-order valence-electron chi connectivity index (χ4n) is 4.59. The van der Waals surface area contributed by atoms with Gasteiger partial charge in [-0.15, -0.1) is 0 Å². The number of benzene rings is 4. The van der Waals surface area contributed by atoms with Gasteiger partial charge in [0.15, 0.2) is 0 Å². The fraction of sp³-hybridized carbons (Fsp3) is 0.121. The van der Waals surface area contributed by atoms with E-state index in [1.54, 1.807) is 25.3 Å². The SMILES string of the molecule is COc1cccc(-c2cccc(-c3cc(-c4cc(Cl)cc(Cl)c4)nn3Cc3ccc(C(=O)NCCC(=O)O)cc3)c2)c1. The van der Waals surface area contributed by atoms with Gasteiger partial charge in [-0.2, -0.15) is 5.10 Å². The van der Waals surface area contributed by atoms with Gasteiger partial charge < -0.3 is 15.2 Å². The molecule has 1 amide bonds. The molecule has 0 bridgehead atoms. The third-order valence-electron chi connectivity index (χ3n) is 6.67. The predicted octanol–water partition coefficient (Wildman–Crippen LogP) is 7.45. The van der Waals surface area contributed by atoms with E-state index < -0.39 is 5.97 Å². The second-order valence-corrected chi connectivity index (χ2v) is 10.5. The topological polar surface area (TPSA) is 93.5 Å². The Morgan fingerprint density at radius 1 is 0.833 bits per heavy atom. The van der Waals surface area contributed by atoms with Gasteiger partial charge in [0, 0.05) is 33.3 Å². The maximum absolute atomic E-state index is 12.4. The molecule has 1 heterocycles. The predicted molar refractivity (Wildman–Crippen MR) is 165 cm³/mol. The Balaban J connectivity index is 1.49. The number of hydrogen-bond donors (Lipinski definition) is 2. The number of methoxy groups -OCH3 is 1. The van der Waals surface area contributed by atoms with Crippen LogP contribution in [0.3, 0.4) is 0 Å². The quantitative estimate of drug-likeness (QED) is 0.174. The Labute approximate surface area is 253 Å². The zero-order chi connectivity index (χ0) is 29.6. The largest absolute Gasteiger partial charge is 0.497 e. The molecule has 42 heavy (non-hydrogen) atoms. The number of carbonyl (C=O) groups excluding carboxylic acids is 1. The van der Waals surface area contributed by atoms with Crippen molar-refractivity contribution >= 4 is 35.1 Å². The summed E-state index contributed by atoms with van der Waals surface area (Å²) in [7, 11) is 1.65. The molecule has 0 aliphatic heterocycles. The van der Waals surface area contributed by atoms with E-state index in [-0.39, 0.29) is 18.9 Å². The van der Waals surface area contributed by atoms with Crippen molar-refractivity contribution in [3.05, 3.63) is 118 Å². The molecular formula is C33H27Cl2N3O4. The summed E-state index contributed by atoms with van der Waals surface area (Å²) in [5.74, 6) is -0.506. The van der Waals surface area contributed by atoms with Crippen molar-refractivity contribution in [1.29, 1.82) is 0 Å². The first-order valence-corrected chi connectivity index (χ1v) is 13.9. The van der Waals surface area contributed by atoms with Crippen molar-refractivity contribution in [2.45, 2.75) is 13.0 Å². The molecule has 4 aromatic carbocycles. The lowest BCUT2D eigenvalue weighted by molar-refractivity contribution is -0.136. The first-order valence-electron chi connectivity index (χ1n) is 13.2. The highest BCUT2D eigenvalue weighted by molar-refractivity contribution is 6.35. The third kappa shape index (κ3) is 7.00. The van der Waals surface area contributed by atoms with Gasteiger partial charge in [0.05, 0.1) is 31.5 Å². The van der Waals surface area contributed by atoms with E-state index in [4.69, 9.17) is 38.1 Å². The lowest BCUT2D eigenvalue weighted by Gasteiger charge is -2.11. The van der Waals surface area contributed by atoms with Crippen LogP contribution in [0.5, 0.6) is 5.75 Å². The van der Waals surface area contributed by atoms with Crippen molar-refractivity contribution in [2.24, 2.45) is 0 Å². The number of hydrogen-bond acceptors (Lipinski definition) is 4. The van der Waals surface area contributed by atoms with Crippen LogP contribution >= 0.6 is 23.2 Å². The van der Waals surface area contributed by atoms with E-state index in [0.717, 1.165) is 45.0 Å². The first kappa shape index (κ1) is 28.9. The van der Waals surface area contributed by atoms with Crippen LogP contribution in [0.4, 0.5) is 0 Å². The van der Waals surface area contributed by atoms with Crippen LogP contribution in [-0.2, 0) is 11.3 Å². The first-order chi connectivity index (χ1) is 20.3. The van der Waals surface area contributed by atoms with Crippen LogP contribution in [0, 0.1) is 0 Å². The number of aliphatic carboxylic acids is 1. The van der Waals surface area contributed by atoms with Gasteiger partial charge in [-0.1, -0.05) is 65.7 Å². The van der Waals surface area contributed by atoms with Gasteiger partial charge in [-0.3, -0.25) is 14.3 Å². The number of ether oxygens (including phenoxy) is 1. The molecule has 1 aromatic heterocycles. The molecule has 2 N–H and O–H groups in total. The van der Waals surface area contributed by atoms with Crippen LogP contribution in [0.2, 0.25) is 10.0 Å². The summed E-state index contributed by atoms with van der Waals surface area (Å²) in [4.78, 5) is 23.1.